The van der Waals surface area contributed by atoms with E-state index < -0.39 is 5.97 Å². The lowest BCUT2D eigenvalue weighted by Crippen LogP contribution is -2.24. The summed E-state index contributed by atoms with van der Waals surface area (Å²) in [6, 6.07) is 11.3. The number of rotatable bonds is 3. The number of carboxylic acid groups (broad SMARTS) is 1. The second kappa shape index (κ2) is 7.74. The van der Waals surface area contributed by atoms with Gasteiger partial charge in [0.25, 0.3) is 0 Å². The van der Waals surface area contributed by atoms with Gasteiger partial charge in [0, 0.05) is 35.6 Å². The molecule has 2 aliphatic rings. The highest BCUT2D eigenvalue weighted by atomic mass is 16.5. The van der Waals surface area contributed by atoms with Crippen LogP contribution in [0.5, 0.6) is 11.5 Å². The van der Waals surface area contributed by atoms with Crippen LogP contribution in [0.25, 0.3) is 6.08 Å². The van der Waals surface area contributed by atoms with Crippen LogP contribution in [-0.4, -0.2) is 28.6 Å². The smallest absolute Gasteiger partial charge is 0.328 e. The van der Waals surface area contributed by atoms with Gasteiger partial charge in [0.05, 0.1) is 0 Å². The van der Waals surface area contributed by atoms with Gasteiger partial charge in [-0.05, 0) is 51.5 Å². The third-order valence-corrected chi connectivity index (χ3v) is 4.85. The summed E-state index contributed by atoms with van der Waals surface area (Å²) in [4.78, 5) is 21.2. The largest absolute Gasteiger partial charge is 0.487 e. The molecule has 0 radical (unpaired) electrons. The van der Waals surface area contributed by atoms with Gasteiger partial charge in [0.15, 0.2) is 0 Å². The lowest BCUT2D eigenvalue weighted by atomic mass is 9.97. The van der Waals surface area contributed by atoms with Crippen molar-refractivity contribution >= 4 is 18.3 Å². The molecule has 152 valence electrons. The maximum Gasteiger partial charge on any atom is 0.328 e. The maximum absolute atomic E-state index is 10.7. The standard InChI is InChI=1S/C13H14O3.C11H12O2/c1-13(2)8-10-9(6-7-12(14)15)4-3-5-11(10)16-13;1-11(2)6-9-8(7-12)4-3-5-10(9)13-11/h3-7H,8H2,1-2H3,(H,14,15);3-5,7H,6H2,1-2H3. The lowest BCUT2D eigenvalue weighted by molar-refractivity contribution is -0.131. The highest BCUT2D eigenvalue weighted by molar-refractivity contribution is 5.85. The Morgan fingerprint density at radius 1 is 0.897 bits per heavy atom. The number of benzene rings is 2. The molecule has 0 aliphatic carbocycles. The molecule has 2 heterocycles. The number of hydrogen-bond donors (Lipinski definition) is 1. The molecule has 0 saturated carbocycles. The highest BCUT2D eigenvalue weighted by Gasteiger charge is 2.32. The first kappa shape index (κ1) is 20.6. The third-order valence-electron chi connectivity index (χ3n) is 4.85. The molecule has 5 heteroatoms. The van der Waals surface area contributed by atoms with Crippen molar-refractivity contribution in [2.24, 2.45) is 0 Å². The van der Waals surface area contributed by atoms with Gasteiger partial charge in [0.2, 0.25) is 0 Å². The molecule has 0 amide bonds. The van der Waals surface area contributed by atoms with E-state index in [9.17, 15) is 9.59 Å². The van der Waals surface area contributed by atoms with E-state index in [1.54, 1.807) is 6.08 Å². The fourth-order valence-corrected chi connectivity index (χ4v) is 3.68. The van der Waals surface area contributed by atoms with Crippen LogP contribution in [0, 0.1) is 0 Å². The molecule has 0 fully saturated rings. The Labute approximate surface area is 171 Å². The third kappa shape index (κ3) is 4.86. The number of carboxylic acids is 1. The van der Waals surface area contributed by atoms with Crippen LogP contribution >= 0.6 is 0 Å². The molecule has 0 spiro atoms. The normalized spacial score (nSPS) is 17.4. The zero-order valence-corrected chi connectivity index (χ0v) is 17.2. The lowest BCUT2D eigenvalue weighted by Gasteiger charge is -2.16. The Morgan fingerprint density at radius 2 is 1.38 bits per heavy atom. The Hall–Kier alpha value is -3.08. The van der Waals surface area contributed by atoms with Gasteiger partial charge in [0.1, 0.15) is 29.0 Å². The van der Waals surface area contributed by atoms with Crippen LogP contribution in [0.4, 0.5) is 0 Å². The zero-order valence-electron chi connectivity index (χ0n) is 17.2. The molecular formula is C24H26O5. The molecule has 0 aromatic heterocycles. The fourth-order valence-electron chi connectivity index (χ4n) is 3.68. The molecule has 5 nitrogen and oxygen atoms in total. The van der Waals surface area contributed by atoms with Crippen molar-refractivity contribution in [3.63, 3.8) is 0 Å². The summed E-state index contributed by atoms with van der Waals surface area (Å²) < 4.78 is 11.4. The minimum Gasteiger partial charge on any atom is -0.487 e. The number of hydrogen-bond acceptors (Lipinski definition) is 4. The molecule has 2 aromatic carbocycles. The Balaban J connectivity index is 0.000000169. The van der Waals surface area contributed by atoms with Crippen LogP contribution in [-0.2, 0) is 17.6 Å². The van der Waals surface area contributed by atoms with Gasteiger partial charge in [-0.3, -0.25) is 4.79 Å². The summed E-state index contributed by atoms with van der Waals surface area (Å²) in [7, 11) is 0. The number of ether oxygens (including phenoxy) is 2. The van der Waals surface area contributed by atoms with Crippen LogP contribution in [0.2, 0.25) is 0 Å². The Bertz CT molecular complexity index is 969. The quantitative estimate of drug-likeness (QED) is 0.603. The minimum absolute atomic E-state index is 0.165. The van der Waals surface area contributed by atoms with E-state index >= 15 is 0 Å². The van der Waals surface area contributed by atoms with Gasteiger partial charge in [-0.2, -0.15) is 0 Å². The maximum atomic E-state index is 10.7. The molecule has 0 atom stereocenters. The molecule has 29 heavy (non-hydrogen) atoms. The summed E-state index contributed by atoms with van der Waals surface area (Å²) in [6.07, 6.45) is 5.29. The topological polar surface area (TPSA) is 72.8 Å². The second-order valence-electron chi connectivity index (χ2n) is 8.51. The first-order valence-corrected chi connectivity index (χ1v) is 9.58. The monoisotopic (exact) mass is 394 g/mol. The highest BCUT2D eigenvalue weighted by Crippen LogP contribution is 2.37. The van der Waals surface area contributed by atoms with Crippen molar-refractivity contribution in [1.82, 2.24) is 0 Å². The van der Waals surface area contributed by atoms with Crippen LogP contribution in [0.15, 0.2) is 42.5 Å². The van der Waals surface area contributed by atoms with E-state index in [4.69, 9.17) is 14.6 Å². The second-order valence-corrected chi connectivity index (χ2v) is 8.51. The van der Waals surface area contributed by atoms with Gasteiger partial charge in [-0.1, -0.05) is 24.3 Å². The van der Waals surface area contributed by atoms with Crippen molar-refractivity contribution < 1.29 is 24.2 Å². The van der Waals surface area contributed by atoms with Crippen LogP contribution < -0.4 is 9.47 Å². The molecule has 0 saturated heterocycles. The fraction of sp³-hybridized carbons (Fsp3) is 0.333. The Morgan fingerprint density at radius 3 is 1.86 bits per heavy atom. The predicted octanol–water partition coefficient (Wildman–Crippen LogP) is 4.71. The SMILES string of the molecule is CC1(C)Cc2c(C=CC(=O)O)cccc2O1.CC1(C)Cc2c(C=O)cccc2O1. The molecule has 1 N–H and O–H groups in total. The van der Waals surface area contributed by atoms with Gasteiger partial charge in [-0.25, -0.2) is 4.79 Å². The number of fused-ring (bicyclic) bond motifs is 2. The minimum atomic E-state index is -0.934. The summed E-state index contributed by atoms with van der Waals surface area (Å²) in [5.74, 6) is 0.780. The summed E-state index contributed by atoms with van der Waals surface area (Å²) in [6.45, 7) is 8.11. The molecular weight excluding hydrogens is 368 g/mol. The van der Waals surface area contributed by atoms with Crippen molar-refractivity contribution in [3.8, 4) is 11.5 Å². The van der Waals surface area contributed by atoms with Gasteiger partial charge in [-0.15, -0.1) is 0 Å². The average Bonchev–Trinajstić information content (AvgIpc) is 3.12. The molecule has 0 unspecified atom stereocenters. The number of aldehydes is 1. The van der Waals surface area contributed by atoms with E-state index in [0.717, 1.165) is 59.0 Å². The van der Waals surface area contributed by atoms with Crippen LogP contribution in [0.1, 0.15) is 54.7 Å². The van der Waals surface area contributed by atoms with Crippen molar-refractivity contribution in [3.05, 3.63) is 64.7 Å². The first-order valence-electron chi connectivity index (χ1n) is 9.58. The average molecular weight is 394 g/mol. The number of carbonyl (C=O) groups is 2. The van der Waals surface area contributed by atoms with E-state index in [-0.39, 0.29) is 11.2 Å². The van der Waals surface area contributed by atoms with Crippen molar-refractivity contribution in [2.45, 2.75) is 51.7 Å². The number of aliphatic carboxylic acids is 1. The molecule has 0 bridgehead atoms. The molecule has 4 rings (SSSR count). The van der Waals surface area contributed by atoms with Gasteiger partial charge >= 0.3 is 5.97 Å². The zero-order chi connectivity index (χ0) is 21.2. The summed E-state index contributed by atoms with van der Waals surface area (Å²) in [5.41, 5.74) is 3.44. The summed E-state index contributed by atoms with van der Waals surface area (Å²) in [5, 5.41) is 8.61. The van der Waals surface area contributed by atoms with E-state index in [2.05, 4.69) is 0 Å². The van der Waals surface area contributed by atoms with Gasteiger partial charge < -0.3 is 14.6 Å². The molecule has 2 aliphatic heterocycles. The number of carbonyl (C=O) groups excluding carboxylic acids is 1. The van der Waals surface area contributed by atoms with E-state index in [0.29, 0.717) is 0 Å². The summed E-state index contributed by atoms with van der Waals surface area (Å²) >= 11 is 0. The van der Waals surface area contributed by atoms with Crippen molar-refractivity contribution in [1.29, 1.82) is 0 Å². The van der Waals surface area contributed by atoms with Crippen molar-refractivity contribution in [2.75, 3.05) is 0 Å². The van der Waals surface area contributed by atoms with E-state index in [1.807, 2.05) is 64.1 Å². The predicted molar refractivity (Wildman–Crippen MR) is 112 cm³/mol. The van der Waals surface area contributed by atoms with Crippen LogP contribution in [0.3, 0.4) is 0 Å². The Kier molecular flexibility index (Phi) is 5.51. The first-order chi connectivity index (χ1) is 13.6. The van der Waals surface area contributed by atoms with E-state index in [1.165, 1.54) is 0 Å². The molecule has 2 aromatic rings.